The van der Waals surface area contributed by atoms with Crippen molar-refractivity contribution in [2.45, 2.75) is 33.5 Å². The first-order valence-electron chi connectivity index (χ1n) is 6.40. The van der Waals surface area contributed by atoms with Gasteiger partial charge in [0.15, 0.2) is 0 Å². The third kappa shape index (κ3) is 5.28. The summed E-state index contributed by atoms with van der Waals surface area (Å²) in [6.07, 6.45) is 0.170. The number of carbonyl (C=O) groups is 1. The molecule has 0 fully saturated rings. The molecule has 19 heavy (non-hydrogen) atoms. The van der Waals surface area contributed by atoms with E-state index in [1.54, 1.807) is 0 Å². The van der Waals surface area contributed by atoms with Gasteiger partial charge >= 0.3 is 6.03 Å². The van der Waals surface area contributed by atoms with Gasteiger partial charge < -0.3 is 20.5 Å². The van der Waals surface area contributed by atoms with Gasteiger partial charge in [0, 0.05) is 12.2 Å². The van der Waals surface area contributed by atoms with Crippen LogP contribution in [0.5, 0.6) is 0 Å². The number of rotatable bonds is 6. The number of nitrogens with one attached hydrogen (secondary N) is 2. The second-order valence-corrected chi connectivity index (χ2v) is 4.55. The van der Waals surface area contributed by atoms with Crippen molar-refractivity contribution in [3.8, 4) is 0 Å². The summed E-state index contributed by atoms with van der Waals surface area (Å²) in [5, 5.41) is 13.9. The van der Waals surface area contributed by atoms with Crippen LogP contribution < -0.4 is 10.6 Å². The summed E-state index contributed by atoms with van der Waals surface area (Å²) in [7, 11) is 0. The number of anilines is 1. The van der Waals surface area contributed by atoms with Crippen LogP contribution in [0.3, 0.4) is 0 Å². The van der Waals surface area contributed by atoms with E-state index in [0.29, 0.717) is 6.61 Å². The molecule has 0 aromatic heterocycles. The minimum absolute atomic E-state index is 0.0747. The molecule has 0 heterocycles. The predicted octanol–water partition coefficient (Wildman–Crippen LogP) is 2.03. The van der Waals surface area contributed by atoms with Gasteiger partial charge in [0.2, 0.25) is 0 Å². The zero-order chi connectivity index (χ0) is 14.3. The van der Waals surface area contributed by atoms with Crippen molar-refractivity contribution in [2.75, 3.05) is 18.5 Å². The van der Waals surface area contributed by atoms with Crippen LogP contribution in [0.4, 0.5) is 10.5 Å². The maximum absolute atomic E-state index is 11.5. The van der Waals surface area contributed by atoms with E-state index in [1.807, 2.05) is 39.0 Å². The lowest BCUT2D eigenvalue weighted by molar-refractivity contribution is 0.0654. The highest BCUT2D eigenvalue weighted by atomic mass is 16.5. The number of urea groups is 1. The molecular weight excluding hydrogens is 244 g/mol. The quantitative estimate of drug-likeness (QED) is 0.738. The molecule has 0 atom stereocenters. The van der Waals surface area contributed by atoms with Gasteiger partial charge in [-0.2, -0.15) is 0 Å². The minimum Gasteiger partial charge on any atom is -0.395 e. The zero-order valence-electron chi connectivity index (χ0n) is 11.7. The number of hydrogen-bond acceptors (Lipinski definition) is 3. The summed E-state index contributed by atoms with van der Waals surface area (Å²) in [6.45, 7) is 6.60. The van der Waals surface area contributed by atoms with E-state index in [4.69, 9.17) is 9.84 Å². The summed E-state index contributed by atoms with van der Waals surface area (Å²) in [6, 6.07) is 5.38. The van der Waals surface area contributed by atoms with Crippen molar-refractivity contribution in [1.82, 2.24) is 5.32 Å². The summed E-state index contributed by atoms with van der Waals surface area (Å²) < 4.78 is 5.57. The Labute approximate surface area is 114 Å². The Hall–Kier alpha value is -1.59. The first kappa shape index (κ1) is 15.5. The highest BCUT2D eigenvalue weighted by Gasteiger charge is 2.07. The molecule has 0 bridgehead atoms. The van der Waals surface area contributed by atoms with Crippen molar-refractivity contribution < 1.29 is 14.6 Å². The van der Waals surface area contributed by atoms with Crippen LogP contribution in [-0.2, 0) is 11.3 Å². The number of carbonyl (C=O) groups excluding carboxylic acids is 1. The van der Waals surface area contributed by atoms with E-state index >= 15 is 0 Å². The second-order valence-electron chi connectivity index (χ2n) is 4.55. The molecule has 0 aliphatic heterocycles. The molecule has 0 saturated carbocycles. The Kier molecular flexibility index (Phi) is 6.32. The Morgan fingerprint density at radius 2 is 2.16 bits per heavy atom. The smallest absolute Gasteiger partial charge is 0.319 e. The monoisotopic (exact) mass is 266 g/mol. The molecular formula is C14H22N2O3. The van der Waals surface area contributed by atoms with Gasteiger partial charge in [-0.15, -0.1) is 0 Å². The molecule has 1 aromatic rings. The number of aliphatic hydroxyl groups is 1. The lowest BCUT2D eigenvalue weighted by atomic mass is 10.1. The second kappa shape index (κ2) is 7.76. The molecule has 2 amide bonds. The molecule has 0 saturated heterocycles. The SMILES string of the molecule is Cc1c(COC(C)C)cccc1NC(=O)NCCO. The van der Waals surface area contributed by atoms with Crippen molar-refractivity contribution in [2.24, 2.45) is 0 Å². The van der Waals surface area contributed by atoms with Crippen LogP contribution in [0.2, 0.25) is 0 Å². The maximum atomic E-state index is 11.5. The van der Waals surface area contributed by atoms with Crippen molar-refractivity contribution >= 4 is 11.7 Å². The fourth-order valence-corrected chi connectivity index (χ4v) is 1.57. The highest BCUT2D eigenvalue weighted by Crippen LogP contribution is 2.20. The molecule has 0 radical (unpaired) electrons. The highest BCUT2D eigenvalue weighted by molar-refractivity contribution is 5.90. The van der Waals surface area contributed by atoms with Gasteiger partial charge in [0.1, 0.15) is 0 Å². The summed E-state index contributed by atoms with van der Waals surface area (Å²) >= 11 is 0. The van der Waals surface area contributed by atoms with E-state index in [-0.39, 0.29) is 25.3 Å². The molecule has 0 aliphatic rings. The third-order valence-corrected chi connectivity index (χ3v) is 2.66. The molecule has 3 N–H and O–H groups in total. The lowest BCUT2D eigenvalue weighted by Crippen LogP contribution is -2.31. The molecule has 1 rings (SSSR count). The van der Waals surface area contributed by atoms with Gasteiger partial charge in [-0.3, -0.25) is 0 Å². The number of aliphatic hydroxyl groups excluding tert-OH is 1. The van der Waals surface area contributed by atoms with E-state index in [2.05, 4.69) is 10.6 Å². The van der Waals surface area contributed by atoms with Crippen molar-refractivity contribution in [3.05, 3.63) is 29.3 Å². The fraction of sp³-hybridized carbons (Fsp3) is 0.500. The Balaban J connectivity index is 2.68. The van der Waals surface area contributed by atoms with E-state index in [1.165, 1.54) is 0 Å². The molecule has 0 unspecified atom stereocenters. The van der Waals surface area contributed by atoms with Gasteiger partial charge in [0.25, 0.3) is 0 Å². The normalized spacial score (nSPS) is 10.6. The topological polar surface area (TPSA) is 70.6 Å². The summed E-state index contributed by atoms with van der Waals surface area (Å²) in [5.41, 5.74) is 2.79. The Morgan fingerprint density at radius 1 is 1.42 bits per heavy atom. The van der Waals surface area contributed by atoms with Crippen LogP contribution >= 0.6 is 0 Å². The average molecular weight is 266 g/mol. The van der Waals surface area contributed by atoms with E-state index in [9.17, 15) is 4.79 Å². The van der Waals surface area contributed by atoms with Crippen molar-refractivity contribution in [1.29, 1.82) is 0 Å². The standard InChI is InChI=1S/C14H22N2O3/c1-10(2)19-9-12-5-4-6-13(11(12)3)16-14(18)15-7-8-17/h4-6,10,17H,7-9H2,1-3H3,(H2,15,16,18). The molecule has 5 heteroatoms. The van der Waals surface area contributed by atoms with Crippen LogP contribution in [0.25, 0.3) is 0 Å². The molecule has 0 aliphatic carbocycles. The largest absolute Gasteiger partial charge is 0.395 e. The van der Waals surface area contributed by atoms with Gasteiger partial charge in [-0.25, -0.2) is 4.79 Å². The fourth-order valence-electron chi connectivity index (χ4n) is 1.57. The van der Waals surface area contributed by atoms with Crippen LogP contribution in [0.1, 0.15) is 25.0 Å². The molecule has 106 valence electrons. The predicted molar refractivity (Wildman–Crippen MR) is 75.2 cm³/mol. The Morgan fingerprint density at radius 3 is 2.79 bits per heavy atom. The third-order valence-electron chi connectivity index (χ3n) is 2.66. The van der Waals surface area contributed by atoms with Crippen LogP contribution in [-0.4, -0.2) is 30.4 Å². The Bertz CT molecular complexity index is 419. The zero-order valence-corrected chi connectivity index (χ0v) is 11.7. The van der Waals surface area contributed by atoms with Gasteiger partial charge in [-0.1, -0.05) is 12.1 Å². The van der Waals surface area contributed by atoms with Gasteiger partial charge in [0.05, 0.1) is 19.3 Å². The summed E-state index contributed by atoms with van der Waals surface area (Å²) in [4.78, 5) is 11.5. The average Bonchev–Trinajstić information content (AvgIpc) is 2.37. The summed E-state index contributed by atoms with van der Waals surface area (Å²) in [5.74, 6) is 0. The maximum Gasteiger partial charge on any atom is 0.319 e. The first-order chi connectivity index (χ1) is 9.04. The van der Waals surface area contributed by atoms with Crippen molar-refractivity contribution in [3.63, 3.8) is 0 Å². The minimum atomic E-state index is -0.320. The number of hydrogen-bond donors (Lipinski definition) is 3. The number of amides is 2. The van der Waals surface area contributed by atoms with Crippen LogP contribution in [0, 0.1) is 6.92 Å². The molecule has 0 spiro atoms. The number of benzene rings is 1. The van der Waals surface area contributed by atoms with E-state index < -0.39 is 0 Å². The molecule has 5 nitrogen and oxygen atoms in total. The number of ether oxygens (including phenoxy) is 1. The molecule has 1 aromatic carbocycles. The first-order valence-corrected chi connectivity index (χ1v) is 6.40. The van der Waals surface area contributed by atoms with Gasteiger partial charge in [-0.05, 0) is 38.0 Å². The van der Waals surface area contributed by atoms with E-state index in [0.717, 1.165) is 16.8 Å². The van der Waals surface area contributed by atoms with Crippen LogP contribution in [0.15, 0.2) is 18.2 Å². The lowest BCUT2D eigenvalue weighted by Gasteiger charge is -2.14.